The van der Waals surface area contributed by atoms with Crippen LogP contribution in [0.15, 0.2) is 24.3 Å². The van der Waals surface area contributed by atoms with E-state index in [1.165, 1.54) is 11.1 Å². The number of benzene rings is 2. The molecular formula is C18H20I2O2. The summed E-state index contributed by atoms with van der Waals surface area (Å²) < 4.78 is 1.66. The second kappa shape index (κ2) is 7.86. The SMILES string of the molecule is CCCc1cc(I)c(O)c(-c2cc(CCC)cc(I)c2O)c1. The molecule has 2 rings (SSSR count). The second-order valence-corrected chi connectivity index (χ2v) is 7.77. The molecule has 0 fully saturated rings. The summed E-state index contributed by atoms with van der Waals surface area (Å²) in [5.41, 5.74) is 3.83. The van der Waals surface area contributed by atoms with E-state index >= 15 is 0 Å². The lowest BCUT2D eigenvalue weighted by atomic mass is 9.96. The Bertz CT molecular complexity index is 622. The van der Waals surface area contributed by atoms with Gasteiger partial charge < -0.3 is 10.2 Å². The van der Waals surface area contributed by atoms with Crippen molar-refractivity contribution in [1.82, 2.24) is 0 Å². The van der Waals surface area contributed by atoms with E-state index in [4.69, 9.17) is 0 Å². The Balaban J connectivity index is 2.64. The van der Waals surface area contributed by atoms with Crippen LogP contribution in [0.2, 0.25) is 0 Å². The van der Waals surface area contributed by atoms with Crippen molar-refractivity contribution in [3.63, 3.8) is 0 Å². The van der Waals surface area contributed by atoms with Gasteiger partial charge in [0.2, 0.25) is 0 Å². The van der Waals surface area contributed by atoms with Gasteiger partial charge in [0.25, 0.3) is 0 Å². The van der Waals surface area contributed by atoms with Crippen LogP contribution < -0.4 is 0 Å². The number of rotatable bonds is 5. The van der Waals surface area contributed by atoms with Crippen molar-refractivity contribution in [2.24, 2.45) is 0 Å². The minimum atomic E-state index is 0.250. The summed E-state index contributed by atoms with van der Waals surface area (Å²) in [5, 5.41) is 20.9. The third-order valence-electron chi connectivity index (χ3n) is 3.61. The van der Waals surface area contributed by atoms with Crippen molar-refractivity contribution >= 4 is 45.2 Å². The molecule has 118 valence electrons. The second-order valence-electron chi connectivity index (χ2n) is 5.45. The van der Waals surface area contributed by atoms with E-state index in [0.29, 0.717) is 0 Å². The van der Waals surface area contributed by atoms with E-state index in [-0.39, 0.29) is 11.5 Å². The molecule has 0 saturated heterocycles. The van der Waals surface area contributed by atoms with Crippen LogP contribution in [0.1, 0.15) is 37.8 Å². The van der Waals surface area contributed by atoms with Gasteiger partial charge in [0.15, 0.2) is 0 Å². The summed E-state index contributed by atoms with van der Waals surface area (Å²) in [6.07, 6.45) is 4.05. The average molecular weight is 522 g/mol. The molecule has 2 aromatic carbocycles. The minimum absolute atomic E-state index is 0.250. The van der Waals surface area contributed by atoms with Crippen LogP contribution in [0.5, 0.6) is 11.5 Å². The van der Waals surface area contributed by atoms with E-state index in [1.807, 2.05) is 24.3 Å². The van der Waals surface area contributed by atoms with Crippen molar-refractivity contribution in [3.05, 3.63) is 42.5 Å². The Morgan fingerprint density at radius 2 is 1.09 bits per heavy atom. The number of aryl methyl sites for hydroxylation is 2. The Morgan fingerprint density at radius 1 is 0.727 bits per heavy atom. The maximum Gasteiger partial charge on any atom is 0.136 e. The molecule has 2 N–H and O–H groups in total. The molecule has 0 aromatic heterocycles. The summed E-state index contributed by atoms with van der Waals surface area (Å²) >= 11 is 4.31. The van der Waals surface area contributed by atoms with Gasteiger partial charge in [-0.05, 0) is 93.4 Å². The van der Waals surface area contributed by atoms with Crippen LogP contribution >= 0.6 is 45.2 Å². The molecule has 0 unspecified atom stereocenters. The Kier molecular flexibility index (Phi) is 6.37. The van der Waals surface area contributed by atoms with Crippen molar-refractivity contribution < 1.29 is 10.2 Å². The normalized spacial score (nSPS) is 10.9. The van der Waals surface area contributed by atoms with Gasteiger partial charge in [0, 0.05) is 11.1 Å². The molecule has 0 aliphatic rings. The van der Waals surface area contributed by atoms with Crippen LogP contribution in [0.25, 0.3) is 11.1 Å². The van der Waals surface area contributed by atoms with E-state index in [9.17, 15) is 10.2 Å². The van der Waals surface area contributed by atoms with Crippen LogP contribution in [0.4, 0.5) is 0 Å². The third-order valence-corrected chi connectivity index (χ3v) is 5.26. The molecule has 0 spiro atoms. The molecule has 22 heavy (non-hydrogen) atoms. The van der Waals surface area contributed by atoms with Gasteiger partial charge >= 0.3 is 0 Å². The highest BCUT2D eigenvalue weighted by atomic mass is 127. The number of hydrogen-bond acceptors (Lipinski definition) is 2. The summed E-state index contributed by atoms with van der Waals surface area (Å²) in [6.45, 7) is 4.28. The Hall–Kier alpha value is -0.500. The monoisotopic (exact) mass is 522 g/mol. The quantitative estimate of drug-likeness (QED) is 0.482. The molecule has 0 aliphatic carbocycles. The van der Waals surface area contributed by atoms with E-state index in [0.717, 1.165) is 44.0 Å². The predicted molar refractivity (Wildman–Crippen MR) is 109 cm³/mol. The van der Waals surface area contributed by atoms with E-state index in [2.05, 4.69) is 59.0 Å². The largest absolute Gasteiger partial charge is 0.506 e. The Morgan fingerprint density at radius 3 is 1.41 bits per heavy atom. The first-order valence-corrected chi connectivity index (χ1v) is 9.66. The molecule has 0 amide bonds. The fourth-order valence-electron chi connectivity index (χ4n) is 2.59. The van der Waals surface area contributed by atoms with Gasteiger partial charge in [-0.1, -0.05) is 26.7 Å². The summed E-state index contributed by atoms with van der Waals surface area (Å²) in [6, 6.07) is 8.03. The molecule has 0 aliphatic heterocycles. The van der Waals surface area contributed by atoms with E-state index in [1.54, 1.807) is 0 Å². The van der Waals surface area contributed by atoms with Gasteiger partial charge in [-0.25, -0.2) is 0 Å². The van der Waals surface area contributed by atoms with Crippen LogP contribution in [0.3, 0.4) is 0 Å². The maximum absolute atomic E-state index is 10.5. The van der Waals surface area contributed by atoms with Gasteiger partial charge in [-0.3, -0.25) is 0 Å². The molecule has 2 nitrogen and oxygen atoms in total. The molecule has 0 saturated carbocycles. The smallest absolute Gasteiger partial charge is 0.136 e. The topological polar surface area (TPSA) is 40.5 Å². The zero-order valence-electron chi connectivity index (χ0n) is 12.8. The van der Waals surface area contributed by atoms with Crippen LogP contribution in [-0.4, -0.2) is 10.2 Å². The first-order chi connectivity index (χ1) is 10.5. The Labute approximate surface area is 159 Å². The molecule has 0 heterocycles. The zero-order valence-corrected chi connectivity index (χ0v) is 17.1. The van der Waals surface area contributed by atoms with Crippen molar-refractivity contribution in [1.29, 1.82) is 0 Å². The van der Waals surface area contributed by atoms with Gasteiger partial charge in [-0.15, -0.1) is 0 Å². The summed E-state index contributed by atoms with van der Waals surface area (Å²) in [5.74, 6) is 0.500. The third kappa shape index (κ3) is 3.88. The number of phenols is 2. The first-order valence-electron chi connectivity index (χ1n) is 7.51. The molecule has 0 atom stereocenters. The highest BCUT2D eigenvalue weighted by Gasteiger charge is 2.16. The fourth-order valence-corrected chi connectivity index (χ4v) is 3.97. The van der Waals surface area contributed by atoms with E-state index < -0.39 is 0 Å². The van der Waals surface area contributed by atoms with Crippen molar-refractivity contribution in [3.8, 4) is 22.6 Å². The standard InChI is InChI=1S/C18H20I2O2/c1-3-5-11-7-13(17(21)15(19)9-11)14-8-12(6-4-2)10-16(20)18(14)22/h7-10,21-22H,3-6H2,1-2H3. The van der Waals surface area contributed by atoms with Gasteiger partial charge in [0.05, 0.1) is 7.14 Å². The van der Waals surface area contributed by atoms with Crippen LogP contribution in [0, 0.1) is 7.14 Å². The highest BCUT2D eigenvalue weighted by molar-refractivity contribution is 14.1. The fraction of sp³-hybridized carbons (Fsp3) is 0.333. The van der Waals surface area contributed by atoms with Crippen molar-refractivity contribution in [2.75, 3.05) is 0 Å². The summed E-state index contributed by atoms with van der Waals surface area (Å²) in [4.78, 5) is 0. The number of hydrogen-bond donors (Lipinski definition) is 2. The van der Waals surface area contributed by atoms with Crippen molar-refractivity contribution in [2.45, 2.75) is 39.5 Å². The first kappa shape index (κ1) is 17.8. The van der Waals surface area contributed by atoms with Gasteiger partial charge in [-0.2, -0.15) is 0 Å². The maximum atomic E-state index is 10.5. The lowest BCUT2D eigenvalue weighted by molar-refractivity contribution is 0.465. The molecule has 0 radical (unpaired) electrons. The molecule has 4 heteroatoms. The predicted octanol–water partition coefficient (Wildman–Crippen LogP) is 5.88. The van der Waals surface area contributed by atoms with Crippen LogP contribution in [-0.2, 0) is 12.8 Å². The zero-order chi connectivity index (χ0) is 16.3. The molecule has 0 bridgehead atoms. The highest BCUT2D eigenvalue weighted by Crippen LogP contribution is 2.41. The molecule has 2 aromatic rings. The molecular weight excluding hydrogens is 502 g/mol. The lowest BCUT2D eigenvalue weighted by Gasteiger charge is -2.14. The number of phenolic OH excluding ortho intramolecular Hbond substituents is 2. The summed E-state index contributed by atoms with van der Waals surface area (Å²) in [7, 11) is 0. The minimum Gasteiger partial charge on any atom is -0.506 e. The lowest BCUT2D eigenvalue weighted by Crippen LogP contribution is -1.93. The number of halogens is 2. The number of aromatic hydroxyl groups is 2. The average Bonchev–Trinajstić information content (AvgIpc) is 2.47. The van der Waals surface area contributed by atoms with Gasteiger partial charge in [0.1, 0.15) is 11.5 Å².